The molecule has 58 heavy (non-hydrogen) atoms. The fourth-order valence-electron chi connectivity index (χ4n) is 12.8. The zero-order chi connectivity index (χ0) is 40.3. The molecule has 4 aromatic heterocycles. The van der Waals surface area contributed by atoms with Crippen molar-refractivity contribution in [2.45, 2.75) is 105 Å². The summed E-state index contributed by atoms with van der Waals surface area (Å²) in [6.07, 6.45) is 14.8. The molecule has 306 valence electrons. The minimum absolute atomic E-state index is 0.0238. The maximum absolute atomic E-state index is 13.0. The highest BCUT2D eigenvalue weighted by Gasteiger charge is 2.65. The number of anilines is 4. The van der Waals surface area contributed by atoms with E-state index >= 15 is 0 Å². The largest absolute Gasteiger partial charge is 0.476 e. The second-order valence-corrected chi connectivity index (χ2v) is 19.9. The Kier molecular flexibility index (Phi) is 10.1. The van der Waals surface area contributed by atoms with E-state index < -0.39 is 5.97 Å². The molecule has 4 saturated carbocycles. The number of nitrogens with zero attached hydrogens (tertiary/aromatic N) is 7. The smallest absolute Gasteiger partial charge is 0.355 e. The number of carbonyl (C=O) groups is 1. The van der Waals surface area contributed by atoms with Crippen molar-refractivity contribution in [2.75, 3.05) is 43.6 Å². The first-order valence-corrected chi connectivity index (χ1v) is 21.9. The van der Waals surface area contributed by atoms with Crippen molar-refractivity contribution in [1.29, 1.82) is 0 Å². The van der Waals surface area contributed by atoms with Gasteiger partial charge in [-0.1, -0.05) is 37.3 Å². The summed E-state index contributed by atoms with van der Waals surface area (Å²) in [4.78, 5) is 24.5. The lowest BCUT2D eigenvalue weighted by Gasteiger charge is -2.70. The Hall–Kier alpha value is -4.46. The molecule has 2 unspecified atom stereocenters. The van der Waals surface area contributed by atoms with Gasteiger partial charge in [-0.2, -0.15) is 5.10 Å². The number of fused-ring (bicyclic) bond motifs is 2. The van der Waals surface area contributed by atoms with Crippen LogP contribution in [0.5, 0.6) is 0 Å². The highest BCUT2D eigenvalue weighted by Crippen LogP contribution is 2.75. The van der Waals surface area contributed by atoms with Crippen molar-refractivity contribution in [3.8, 4) is 11.1 Å². The first kappa shape index (κ1) is 39.0. The van der Waals surface area contributed by atoms with Gasteiger partial charge in [0.25, 0.3) is 0 Å². The van der Waals surface area contributed by atoms with Crippen molar-refractivity contribution >= 4 is 50.1 Å². The fraction of sp³-hybridized carbons (Fsp3) is 0.556. The molecule has 12 nitrogen and oxygen atoms in total. The van der Waals surface area contributed by atoms with Crippen LogP contribution in [0.25, 0.3) is 21.3 Å². The molecule has 5 aliphatic rings. The molecule has 0 spiro atoms. The van der Waals surface area contributed by atoms with Crippen LogP contribution in [-0.4, -0.2) is 74.4 Å². The Morgan fingerprint density at radius 3 is 2.48 bits per heavy atom. The third kappa shape index (κ3) is 7.27. The molecule has 2 atom stereocenters. The number of aromatic carboxylic acids is 1. The zero-order valence-electron chi connectivity index (χ0n) is 34.7. The number of para-hydroxylation sites is 1. The first-order valence-electron chi connectivity index (χ1n) is 21.1. The molecule has 13 heteroatoms. The van der Waals surface area contributed by atoms with E-state index in [0.29, 0.717) is 45.8 Å². The monoisotopic (exact) mass is 803 g/mol. The van der Waals surface area contributed by atoms with Gasteiger partial charge in [0.1, 0.15) is 5.82 Å². The Balaban J connectivity index is 0.948. The van der Waals surface area contributed by atoms with E-state index in [0.717, 1.165) is 83.2 Å². The average molecular weight is 804 g/mol. The van der Waals surface area contributed by atoms with E-state index in [9.17, 15) is 9.90 Å². The van der Waals surface area contributed by atoms with Crippen LogP contribution in [0.15, 0.2) is 42.6 Å². The van der Waals surface area contributed by atoms with E-state index in [-0.39, 0.29) is 11.1 Å². The van der Waals surface area contributed by atoms with E-state index in [1.165, 1.54) is 51.4 Å². The summed E-state index contributed by atoms with van der Waals surface area (Å²) in [7, 11) is 1.77. The highest BCUT2D eigenvalue weighted by atomic mass is 32.1. The van der Waals surface area contributed by atoms with Crippen LogP contribution in [0.3, 0.4) is 0 Å². The molecule has 1 aromatic carbocycles. The number of aromatic nitrogens is 6. The van der Waals surface area contributed by atoms with E-state index in [1.807, 2.05) is 41.4 Å². The number of nitrogens with one attached hydrogen (secondary N) is 2. The Bertz CT molecular complexity index is 2300. The number of hydrogen-bond acceptors (Lipinski definition) is 11. The van der Waals surface area contributed by atoms with Crippen molar-refractivity contribution < 1.29 is 14.6 Å². The number of thiazole rings is 1. The summed E-state index contributed by atoms with van der Waals surface area (Å²) in [5.41, 5.74) is 6.71. The summed E-state index contributed by atoms with van der Waals surface area (Å²) in [5.74, 6) is 0.887. The number of hydrogen-bond donors (Lipinski definition) is 3. The number of pyridine rings is 1. The second-order valence-electron chi connectivity index (χ2n) is 18.9. The molecule has 5 aromatic rings. The third-order valence-corrected chi connectivity index (χ3v) is 14.7. The number of rotatable bonds is 15. The zero-order valence-corrected chi connectivity index (χ0v) is 35.5. The normalized spacial score (nSPS) is 26.1. The summed E-state index contributed by atoms with van der Waals surface area (Å²) in [6, 6.07) is 11.9. The second kappa shape index (κ2) is 15.0. The molecule has 5 heterocycles. The lowest BCUT2D eigenvalue weighted by molar-refractivity contribution is -0.197. The van der Waals surface area contributed by atoms with Crippen LogP contribution >= 0.6 is 11.3 Å². The van der Waals surface area contributed by atoms with Crippen molar-refractivity contribution in [1.82, 2.24) is 35.3 Å². The molecular weight excluding hydrogens is 747 g/mol. The van der Waals surface area contributed by atoms with E-state index in [1.54, 1.807) is 18.4 Å². The topological polar surface area (TPSA) is 143 Å². The third-order valence-electron chi connectivity index (χ3n) is 13.7. The van der Waals surface area contributed by atoms with Gasteiger partial charge in [0, 0.05) is 54.8 Å². The predicted molar refractivity (Wildman–Crippen MR) is 230 cm³/mol. The number of ether oxygens (including phenoxy) is 1. The van der Waals surface area contributed by atoms with Crippen molar-refractivity contribution in [2.24, 2.45) is 21.7 Å². The van der Waals surface area contributed by atoms with E-state index in [4.69, 9.17) is 19.8 Å². The van der Waals surface area contributed by atoms with Crippen molar-refractivity contribution in [3.05, 3.63) is 65.1 Å². The Morgan fingerprint density at radius 1 is 0.931 bits per heavy atom. The van der Waals surface area contributed by atoms with Gasteiger partial charge in [-0.15, -0.1) is 10.2 Å². The van der Waals surface area contributed by atoms with Gasteiger partial charge >= 0.3 is 5.97 Å². The lowest BCUT2D eigenvalue weighted by atomic mass is 9.35. The van der Waals surface area contributed by atoms with Gasteiger partial charge in [-0.05, 0) is 143 Å². The molecule has 0 saturated heterocycles. The molecular formula is C45H57N9O3S. The van der Waals surface area contributed by atoms with Crippen LogP contribution in [0, 0.1) is 35.5 Å². The van der Waals surface area contributed by atoms with Gasteiger partial charge in [-0.3, -0.25) is 4.68 Å². The predicted octanol–water partition coefficient (Wildman–Crippen LogP) is 9.26. The Morgan fingerprint density at radius 2 is 1.71 bits per heavy atom. The quantitative estimate of drug-likeness (QED) is 0.0872. The Labute approximate surface area is 345 Å². The number of carboxylic acids is 1. The molecule has 0 radical (unpaired) electrons. The van der Waals surface area contributed by atoms with Gasteiger partial charge in [-0.25, -0.2) is 14.8 Å². The lowest BCUT2D eigenvalue weighted by Crippen LogP contribution is -2.60. The van der Waals surface area contributed by atoms with Crippen LogP contribution in [-0.2, 0) is 17.7 Å². The van der Waals surface area contributed by atoms with Crippen LogP contribution in [0.1, 0.15) is 105 Å². The van der Waals surface area contributed by atoms with Gasteiger partial charge in [0.15, 0.2) is 22.5 Å². The highest BCUT2D eigenvalue weighted by molar-refractivity contribution is 7.22. The molecule has 10 rings (SSSR count). The van der Waals surface area contributed by atoms with Gasteiger partial charge < -0.3 is 25.4 Å². The van der Waals surface area contributed by atoms with Crippen LogP contribution in [0.4, 0.5) is 22.6 Å². The molecule has 4 bridgehead atoms. The molecule has 0 amide bonds. The van der Waals surface area contributed by atoms with Gasteiger partial charge in [0.2, 0.25) is 0 Å². The first-order chi connectivity index (χ1) is 27.9. The average Bonchev–Trinajstić information content (AvgIpc) is 3.75. The van der Waals surface area contributed by atoms with Crippen molar-refractivity contribution in [3.63, 3.8) is 0 Å². The minimum atomic E-state index is -1.06. The fourth-order valence-corrected chi connectivity index (χ4v) is 13.7. The summed E-state index contributed by atoms with van der Waals surface area (Å²) in [6.45, 7) is 13.7. The SMILES string of the molecule is COCCCNCCCC12CC3(C)CC(C)(C1)CC(Cn1ncc(-c4ccc(N5CCCc6c5nnc(Nc5nc7ccccc7s5)c6C)nc4C(=O)O)c1C)(C3)C2. The maximum Gasteiger partial charge on any atom is 0.355 e. The molecule has 1 aliphatic heterocycles. The molecule has 4 aliphatic carbocycles. The minimum Gasteiger partial charge on any atom is -0.476 e. The summed E-state index contributed by atoms with van der Waals surface area (Å²) < 4.78 is 8.51. The summed E-state index contributed by atoms with van der Waals surface area (Å²) in [5, 5.41) is 32.7. The van der Waals surface area contributed by atoms with Crippen LogP contribution in [0.2, 0.25) is 0 Å². The summed E-state index contributed by atoms with van der Waals surface area (Å²) >= 11 is 1.58. The maximum atomic E-state index is 13.0. The standard InChI is InChI=1S/C45H57N9O3S/c1-29-31-11-8-19-53(39(31)52-51-38(29)50-41-48-34-12-6-7-13-35(34)58-41)36-15-14-32(37(49-36)40(55)56)33-21-47-54(30(33)2)28-45-25-42(3)22-43(4,26-45)24-44(23-42,27-45)16-9-17-46-18-10-20-57-5/h6-7,12-15,21,46H,8-11,16-20,22-28H2,1-5H3,(H,55,56)(H,48,50,51). The number of carboxylic acid groups (broad SMARTS) is 1. The van der Waals surface area contributed by atoms with Gasteiger partial charge in [0.05, 0.1) is 16.4 Å². The molecule has 3 N–H and O–H groups in total. The van der Waals surface area contributed by atoms with Crippen LogP contribution < -0.4 is 15.5 Å². The number of methoxy groups -OCH3 is 1. The number of benzene rings is 1. The van der Waals surface area contributed by atoms with E-state index in [2.05, 4.69) is 59.3 Å². The molecule has 4 fully saturated rings.